The van der Waals surface area contributed by atoms with Crippen LogP contribution in [0.5, 0.6) is 0 Å². The Balaban J connectivity index is 2.56. The Labute approximate surface area is 94.7 Å². The van der Waals surface area contributed by atoms with Gasteiger partial charge in [-0.1, -0.05) is 0 Å². The van der Waals surface area contributed by atoms with Crippen LogP contribution in [-0.4, -0.2) is 65.8 Å². The van der Waals surface area contributed by atoms with Crippen LogP contribution in [0.3, 0.4) is 0 Å². The summed E-state index contributed by atoms with van der Waals surface area (Å²) >= 11 is 0. The number of ether oxygens (including phenoxy) is 3. The molecule has 0 aromatic carbocycles. The molecule has 5 atom stereocenters. The molecule has 1 heterocycles. The fraction of sp³-hybridized carbons (Fsp3) is 1.00. The number of hydrogen-bond donors (Lipinski definition) is 3. The van der Waals surface area contributed by atoms with Crippen LogP contribution in [0.4, 0.5) is 0 Å². The molecule has 96 valence electrons. The largest absolute Gasteiger partial charge is 0.387 e. The molecule has 0 aromatic heterocycles. The van der Waals surface area contributed by atoms with E-state index in [1.165, 1.54) is 7.11 Å². The average molecular weight is 236 g/mol. The van der Waals surface area contributed by atoms with Gasteiger partial charge in [-0.3, -0.25) is 0 Å². The van der Waals surface area contributed by atoms with Gasteiger partial charge in [-0.25, -0.2) is 0 Å². The molecular weight excluding hydrogens is 216 g/mol. The van der Waals surface area contributed by atoms with Crippen LogP contribution in [0.1, 0.15) is 13.8 Å². The molecule has 1 saturated heterocycles. The Bertz CT molecular complexity index is 207. The summed E-state index contributed by atoms with van der Waals surface area (Å²) < 4.78 is 15.4. The molecule has 5 unspecified atom stereocenters. The van der Waals surface area contributed by atoms with E-state index >= 15 is 0 Å². The zero-order valence-corrected chi connectivity index (χ0v) is 9.74. The first-order valence-corrected chi connectivity index (χ1v) is 5.31. The van der Waals surface area contributed by atoms with Crippen molar-refractivity contribution in [3.8, 4) is 0 Å². The highest BCUT2D eigenvalue weighted by Gasteiger charge is 2.43. The minimum Gasteiger partial charge on any atom is -0.387 e. The minimum absolute atomic E-state index is 0.000729. The van der Waals surface area contributed by atoms with Gasteiger partial charge < -0.3 is 29.5 Å². The molecule has 1 aliphatic heterocycles. The second-order valence-electron chi connectivity index (χ2n) is 4.13. The molecule has 0 amide bonds. The summed E-state index contributed by atoms with van der Waals surface area (Å²) in [4.78, 5) is 0. The summed E-state index contributed by atoms with van der Waals surface area (Å²) in [7, 11) is 1.36. The van der Waals surface area contributed by atoms with Crippen molar-refractivity contribution in [2.75, 3.05) is 13.7 Å². The lowest BCUT2D eigenvalue weighted by atomic mass is 9.99. The molecule has 3 N–H and O–H groups in total. The lowest BCUT2D eigenvalue weighted by molar-refractivity contribution is -0.297. The van der Waals surface area contributed by atoms with Crippen LogP contribution in [0, 0.1) is 0 Å². The summed E-state index contributed by atoms with van der Waals surface area (Å²) in [6.45, 7) is 3.85. The molecule has 6 nitrogen and oxygen atoms in total. The summed E-state index contributed by atoms with van der Waals surface area (Å²) in [5.74, 6) is 0. The average Bonchev–Trinajstić information content (AvgIpc) is 2.25. The molecular formula is C10H20O6. The standard InChI is InChI=1S/C10H20O6/c1-5(2)15-4-6-7(11)8(12)9(13)10(14-3)16-6/h5-13H,4H2,1-3H3. The van der Waals surface area contributed by atoms with Gasteiger partial charge in [0.1, 0.15) is 24.4 Å². The van der Waals surface area contributed by atoms with E-state index in [0.717, 1.165) is 0 Å². The maximum absolute atomic E-state index is 9.66. The van der Waals surface area contributed by atoms with Crippen LogP contribution in [0.2, 0.25) is 0 Å². The molecule has 0 radical (unpaired) electrons. The summed E-state index contributed by atoms with van der Waals surface area (Å²) in [5.41, 5.74) is 0. The normalized spacial score (nSPS) is 40.3. The maximum Gasteiger partial charge on any atom is 0.186 e. The van der Waals surface area contributed by atoms with E-state index in [-0.39, 0.29) is 12.7 Å². The third-order valence-electron chi connectivity index (χ3n) is 2.49. The van der Waals surface area contributed by atoms with Gasteiger partial charge >= 0.3 is 0 Å². The highest BCUT2D eigenvalue weighted by Crippen LogP contribution is 2.22. The van der Waals surface area contributed by atoms with Crippen molar-refractivity contribution in [1.29, 1.82) is 0 Å². The van der Waals surface area contributed by atoms with E-state index < -0.39 is 30.7 Å². The van der Waals surface area contributed by atoms with E-state index in [1.54, 1.807) is 0 Å². The summed E-state index contributed by atoms with van der Waals surface area (Å²) in [6, 6.07) is 0. The lowest BCUT2D eigenvalue weighted by Gasteiger charge is -2.39. The van der Waals surface area contributed by atoms with Crippen LogP contribution in [-0.2, 0) is 14.2 Å². The Hall–Kier alpha value is -0.240. The van der Waals surface area contributed by atoms with Crippen molar-refractivity contribution in [3.05, 3.63) is 0 Å². The number of hydrogen-bond acceptors (Lipinski definition) is 6. The Kier molecular flexibility index (Phi) is 5.10. The van der Waals surface area contributed by atoms with E-state index in [0.29, 0.717) is 0 Å². The predicted molar refractivity (Wildman–Crippen MR) is 54.8 cm³/mol. The fourth-order valence-electron chi connectivity index (χ4n) is 1.54. The number of aliphatic hydroxyl groups excluding tert-OH is 3. The molecule has 1 aliphatic rings. The number of aliphatic hydroxyl groups is 3. The van der Waals surface area contributed by atoms with Crippen molar-refractivity contribution < 1.29 is 29.5 Å². The Morgan fingerprint density at radius 1 is 1.12 bits per heavy atom. The molecule has 0 bridgehead atoms. The maximum atomic E-state index is 9.66. The molecule has 0 saturated carbocycles. The highest BCUT2D eigenvalue weighted by molar-refractivity contribution is 4.89. The fourth-order valence-corrected chi connectivity index (χ4v) is 1.54. The molecule has 1 fully saturated rings. The summed E-state index contributed by atoms with van der Waals surface area (Å²) in [5, 5.41) is 28.7. The van der Waals surface area contributed by atoms with Crippen LogP contribution in [0.25, 0.3) is 0 Å². The number of rotatable bonds is 4. The Morgan fingerprint density at radius 3 is 2.25 bits per heavy atom. The predicted octanol–water partition coefficient (Wildman–Crippen LogP) is -1.13. The van der Waals surface area contributed by atoms with Gasteiger partial charge in [0.05, 0.1) is 12.7 Å². The van der Waals surface area contributed by atoms with E-state index in [1.807, 2.05) is 13.8 Å². The number of methoxy groups -OCH3 is 1. The second-order valence-corrected chi connectivity index (χ2v) is 4.13. The van der Waals surface area contributed by atoms with Crippen molar-refractivity contribution in [1.82, 2.24) is 0 Å². The molecule has 0 aliphatic carbocycles. The van der Waals surface area contributed by atoms with Crippen molar-refractivity contribution in [3.63, 3.8) is 0 Å². The van der Waals surface area contributed by atoms with Gasteiger partial charge in [-0.05, 0) is 13.8 Å². The van der Waals surface area contributed by atoms with E-state index in [2.05, 4.69) is 0 Å². The van der Waals surface area contributed by atoms with Crippen molar-refractivity contribution in [2.24, 2.45) is 0 Å². The van der Waals surface area contributed by atoms with E-state index in [9.17, 15) is 15.3 Å². The SMILES string of the molecule is COC1OC(COC(C)C)C(O)C(O)C1O. The molecule has 0 spiro atoms. The topological polar surface area (TPSA) is 88.4 Å². The van der Waals surface area contributed by atoms with Crippen LogP contribution < -0.4 is 0 Å². The second kappa shape index (κ2) is 5.90. The first-order chi connectivity index (χ1) is 7.47. The lowest BCUT2D eigenvalue weighted by Crippen LogP contribution is -2.59. The van der Waals surface area contributed by atoms with Crippen molar-refractivity contribution >= 4 is 0 Å². The summed E-state index contributed by atoms with van der Waals surface area (Å²) in [6.07, 6.45) is -5.37. The Morgan fingerprint density at radius 2 is 1.75 bits per heavy atom. The minimum atomic E-state index is -1.29. The first-order valence-electron chi connectivity index (χ1n) is 5.31. The zero-order chi connectivity index (χ0) is 12.3. The molecule has 0 aromatic rings. The van der Waals surface area contributed by atoms with Gasteiger partial charge in [0, 0.05) is 7.11 Å². The monoisotopic (exact) mass is 236 g/mol. The van der Waals surface area contributed by atoms with Gasteiger partial charge in [0.2, 0.25) is 0 Å². The van der Waals surface area contributed by atoms with Crippen LogP contribution >= 0.6 is 0 Å². The van der Waals surface area contributed by atoms with Gasteiger partial charge in [0.15, 0.2) is 6.29 Å². The quantitative estimate of drug-likeness (QED) is 0.572. The third-order valence-corrected chi connectivity index (χ3v) is 2.49. The van der Waals surface area contributed by atoms with E-state index in [4.69, 9.17) is 14.2 Å². The molecule has 16 heavy (non-hydrogen) atoms. The highest BCUT2D eigenvalue weighted by atomic mass is 16.7. The van der Waals surface area contributed by atoms with Gasteiger partial charge in [-0.15, -0.1) is 0 Å². The van der Waals surface area contributed by atoms with Gasteiger partial charge in [-0.2, -0.15) is 0 Å². The molecule has 6 heteroatoms. The molecule has 1 rings (SSSR count). The van der Waals surface area contributed by atoms with Crippen molar-refractivity contribution in [2.45, 2.75) is 50.7 Å². The first kappa shape index (κ1) is 13.8. The third kappa shape index (κ3) is 3.13. The zero-order valence-electron chi connectivity index (χ0n) is 9.74. The van der Waals surface area contributed by atoms with Crippen LogP contribution in [0.15, 0.2) is 0 Å². The van der Waals surface area contributed by atoms with Gasteiger partial charge in [0.25, 0.3) is 0 Å². The smallest absolute Gasteiger partial charge is 0.186 e.